The molecule has 18 heavy (non-hydrogen) atoms. The molecule has 0 unspecified atom stereocenters. The standard InChI is InChI=1S/C14H17NO3/c1-8-6-13-11(4-5-15(13)10(3)16)9(2)12(8)7-14(17)18/h6H,4-5,7H2,1-3H3,(H,17,18). The molecule has 96 valence electrons. The highest BCUT2D eigenvalue weighted by Crippen LogP contribution is 2.34. The lowest BCUT2D eigenvalue weighted by atomic mass is 9.94. The second kappa shape index (κ2) is 4.44. The summed E-state index contributed by atoms with van der Waals surface area (Å²) in [5, 5.41) is 8.94. The molecule has 1 aliphatic rings. The number of benzene rings is 1. The molecule has 0 aromatic heterocycles. The van der Waals surface area contributed by atoms with Crippen LogP contribution in [0.4, 0.5) is 5.69 Å². The fourth-order valence-electron chi connectivity index (χ4n) is 2.70. The summed E-state index contributed by atoms with van der Waals surface area (Å²) in [4.78, 5) is 24.2. The summed E-state index contributed by atoms with van der Waals surface area (Å²) in [7, 11) is 0. The largest absolute Gasteiger partial charge is 0.481 e. The Hall–Kier alpha value is -1.84. The zero-order valence-electron chi connectivity index (χ0n) is 10.9. The minimum absolute atomic E-state index is 0.0403. The van der Waals surface area contributed by atoms with Crippen molar-refractivity contribution in [1.82, 2.24) is 0 Å². The van der Waals surface area contributed by atoms with Gasteiger partial charge in [0.25, 0.3) is 0 Å². The highest BCUT2D eigenvalue weighted by atomic mass is 16.4. The Labute approximate surface area is 106 Å². The fraction of sp³-hybridized carbons (Fsp3) is 0.429. The second-order valence-corrected chi connectivity index (χ2v) is 4.79. The predicted octanol–water partition coefficient (Wildman–Crippen LogP) is 1.84. The van der Waals surface area contributed by atoms with Gasteiger partial charge in [0.2, 0.25) is 5.91 Å². The van der Waals surface area contributed by atoms with Gasteiger partial charge in [0.15, 0.2) is 0 Å². The number of amides is 1. The Balaban J connectivity index is 2.53. The molecule has 0 aliphatic carbocycles. The molecule has 1 aliphatic heterocycles. The normalized spacial score (nSPS) is 13.6. The van der Waals surface area contributed by atoms with E-state index in [4.69, 9.17) is 5.11 Å². The molecule has 1 aromatic rings. The first-order valence-electron chi connectivity index (χ1n) is 6.03. The number of hydrogen-bond acceptors (Lipinski definition) is 2. The number of hydrogen-bond donors (Lipinski definition) is 1. The van der Waals surface area contributed by atoms with Crippen molar-refractivity contribution in [2.24, 2.45) is 0 Å². The number of fused-ring (bicyclic) bond motifs is 1. The molecule has 1 N–H and O–H groups in total. The van der Waals surface area contributed by atoms with Gasteiger partial charge in [-0.1, -0.05) is 0 Å². The molecule has 1 heterocycles. The van der Waals surface area contributed by atoms with Gasteiger partial charge >= 0.3 is 5.97 Å². The van der Waals surface area contributed by atoms with Crippen LogP contribution in [0.3, 0.4) is 0 Å². The number of rotatable bonds is 2. The summed E-state index contributed by atoms with van der Waals surface area (Å²) in [5.74, 6) is -0.777. The van der Waals surface area contributed by atoms with Gasteiger partial charge in [-0.05, 0) is 48.6 Å². The maximum Gasteiger partial charge on any atom is 0.307 e. The molecule has 0 saturated heterocycles. The van der Waals surface area contributed by atoms with E-state index in [1.165, 1.54) is 0 Å². The first-order chi connectivity index (χ1) is 8.41. The molecule has 2 rings (SSSR count). The third-order valence-corrected chi connectivity index (χ3v) is 3.63. The van der Waals surface area contributed by atoms with Crippen LogP contribution in [0.1, 0.15) is 29.2 Å². The van der Waals surface area contributed by atoms with Crippen molar-refractivity contribution in [1.29, 1.82) is 0 Å². The van der Waals surface area contributed by atoms with Gasteiger partial charge in [-0.3, -0.25) is 9.59 Å². The van der Waals surface area contributed by atoms with E-state index >= 15 is 0 Å². The molecular formula is C14H17NO3. The molecule has 0 bridgehead atoms. The number of aliphatic carboxylic acids is 1. The monoisotopic (exact) mass is 247 g/mol. The van der Waals surface area contributed by atoms with Crippen LogP contribution < -0.4 is 4.90 Å². The molecular weight excluding hydrogens is 230 g/mol. The van der Waals surface area contributed by atoms with E-state index in [0.29, 0.717) is 6.54 Å². The highest BCUT2D eigenvalue weighted by molar-refractivity contribution is 5.94. The van der Waals surface area contributed by atoms with Crippen LogP contribution in [0.15, 0.2) is 6.07 Å². The van der Waals surface area contributed by atoms with E-state index in [9.17, 15) is 9.59 Å². The summed E-state index contributed by atoms with van der Waals surface area (Å²) in [6.07, 6.45) is 0.860. The van der Waals surface area contributed by atoms with Gasteiger partial charge in [-0.2, -0.15) is 0 Å². The number of anilines is 1. The lowest BCUT2D eigenvalue weighted by Gasteiger charge is -2.18. The van der Waals surface area contributed by atoms with Crippen LogP contribution in [-0.4, -0.2) is 23.5 Å². The SMILES string of the molecule is CC(=O)N1CCc2c1cc(C)c(CC(=O)O)c2C. The van der Waals surface area contributed by atoms with Crippen LogP contribution in [0, 0.1) is 13.8 Å². The average Bonchev–Trinajstić information content (AvgIpc) is 2.67. The first-order valence-corrected chi connectivity index (χ1v) is 6.03. The first kappa shape index (κ1) is 12.6. The summed E-state index contributed by atoms with van der Waals surface area (Å²) < 4.78 is 0. The molecule has 0 saturated carbocycles. The van der Waals surface area contributed by atoms with E-state index < -0.39 is 5.97 Å². The molecule has 4 heteroatoms. The fourth-order valence-corrected chi connectivity index (χ4v) is 2.70. The van der Waals surface area contributed by atoms with Gasteiger partial charge in [0, 0.05) is 19.2 Å². The van der Waals surface area contributed by atoms with Crippen LogP contribution in [0.2, 0.25) is 0 Å². The number of carboxylic acid groups (broad SMARTS) is 1. The van der Waals surface area contributed by atoms with Crippen molar-refractivity contribution in [2.45, 2.75) is 33.6 Å². The minimum Gasteiger partial charge on any atom is -0.481 e. The van der Waals surface area contributed by atoms with Crippen molar-refractivity contribution < 1.29 is 14.7 Å². The molecule has 0 fully saturated rings. The molecule has 4 nitrogen and oxygen atoms in total. The number of carboxylic acids is 1. The zero-order valence-corrected chi connectivity index (χ0v) is 10.9. The van der Waals surface area contributed by atoms with Crippen LogP contribution in [0.5, 0.6) is 0 Å². The van der Waals surface area contributed by atoms with E-state index in [1.54, 1.807) is 11.8 Å². The van der Waals surface area contributed by atoms with Crippen molar-refractivity contribution in [3.63, 3.8) is 0 Å². The summed E-state index contributed by atoms with van der Waals surface area (Å²) >= 11 is 0. The number of aryl methyl sites for hydroxylation is 1. The molecule has 1 amide bonds. The molecule has 0 spiro atoms. The van der Waals surface area contributed by atoms with Gasteiger partial charge in [-0.15, -0.1) is 0 Å². The zero-order chi connectivity index (χ0) is 13.4. The van der Waals surface area contributed by atoms with E-state index in [-0.39, 0.29) is 12.3 Å². The molecule has 0 radical (unpaired) electrons. The lowest BCUT2D eigenvalue weighted by molar-refractivity contribution is -0.136. The van der Waals surface area contributed by atoms with Crippen LogP contribution >= 0.6 is 0 Å². The smallest absolute Gasteiger partial charge is 0.307 e. The summed E-state index contributed by atoms with van der Waals surface area (Å²) in [6.45, 7) is 6.11. The van der Waals surface area contributed by atoms with Crippen molar-refractivity contribution in [2.75, 3.05) is 11.4 Å². The van der Waals surface area contributed by atoms with Crippen molar-refractivity contribution in [3.05, 3.63) is 28.3 Å². The van der Waals surface area contributed by atoms with Gasteiger partial charge in [0.1, 0.15) is 0 Å². The number of carbonyl (C=O) groups excluding carboxylic acids is 1. The maximum absolute atomic E-state index is 11.5. The van der Waals surface area contributed by atoms with E-state index in [1.807, 2.05) is 19.9 Å². The Morgan fingerprint density at radius 2 is 2.06 bits per heavy atom. The van der Waals surface area contributed by atoms with Crippen LogP contribution in [0.25, 0.3) is 0 Å². The molecule has 1 aromatic carbocycles. The average molecular weight is 247 g/mol. The predicted molar refractivity (Wildman–Crippen MR) is 69.0 cm³/mol. The number of nitrogens with zero attached hydrogens (tertiary/aromatic N) is 1. The minimum atomic E-state index is -0.817. The van der Waals surface area contributed by atoms with Gasteiger partial charge in [0.05, 0.1) is 6.42 Å². The van der Waals surface area contributed by atoms with Gasteiger partial charge < -0.3 is 10.0 Å². The van der Waals surface area contributed by atoms with Crippen molar-refractivity contribution >= 4 is 17.6 Å². The number of carbonyl (C=O) groups is 2. The van der Waals surface area contributed by atoms with E-state index in [2.05, 4.69) is 0 Å². The third-order valence-electron chi connectivity index (χ3n) is 3.63. The highest BCUT2D eigenvalue weighted by Gasteiger charge is 2.26. The maximum atomic E-state index is 11.5. The van der Waals surface area contributed by atoms with E-state index in [0.717, 1.165) is 34.4 Å². The Morgan fingerprint density at radius 1 is 1.39 bits per heavy atom. The van der Waals surface area contributed by atoms with Crippen LogP contribution in [-0.2, 0) is 22.4 Å². The Kier molecular flexibility index (Phi) is 3.11. The summed E-state index contributed by atoms with van der Waals surface area (Å²) in [5.41, 5.74) is 4.92. The quantitative estimate of drug-likeness (QED) is 0.867. The topological polar surface area (TPSA) is 57.6 Å². The lowest BCUT2D eigenvalue weighted by Crippen LogP contribution is -2.25. The second-order valence-electron chi connectivity index (χ2n) is 4.79. The Morgan fingerprint density at radius 3 is 2.61 bits per heavy atom. The summed E-state index contributed by atoms with van der Waals surface area (Å²) in [6, 6.07) is 1.94. The van der Waals surface area contributed by atoms with Gasteiger partial charge in [-0.25, -0.2) is 0 Å². The Bertz CT molecular complexity index is 534. The van der Waals surface area contributed by atoms with Crippen molar-refractivity contribution in [3.8, 4) is 0 Å². The molecule has 0 atom stereocenters. The third kappa shape index (κ3) is 1.98.